The number of nitrogens with zero attached hydrogens (tertiary/aromatic N) is 2. The van der Waals surface area contributed by atoms with E-state index in [9.17, 15) is 0 Å². The molecule has 3 heterocycles. The van der Waals surface area contributed by atoms with Crippen molar-refractivity contribution in [1.82, 2.24) is 9.97 Å². The van der Waals surface area contributed by atoms with Crippen LogP contribution >= 0.6 is 22.7 Å². The Kier molecular flexibility index (Phi) is 3.07. The number of hydrogen-bond donors (Lipinski definition) is 0. The Labute approximate surface area is 121 Å². The molecule has 0 atom stereocenters. The number of thiophene rings is 2. The first-order valence-electron chi connectivity index (χ1n) is 6.18. The molecule has 2 nitrogen and oxygen atoms in total. The van der Waals surface area contributed by atoms with Gasteiger partial charge in [-0.05, 0) is 62.3 Å². The molecule has 98 valence electrons. The Morgan fingerprint density at radius 3 is 2.00 bits per heavy atom. The molecule has 0 saturated carbocycles. The largest absolute Gasteiger partial charge is 0.442 e. The highest BCUT2D eigenvalue weighted by molar-refractivity contribution is 7.12. The quantitative estimate of drug-likeness (QED) is 0.681. The molecule has 0 radical (unpaired) electrons. The molecule has 3 aromatic heterocycles. The molecule has 0 aliphatic carbocycles. The molecule has 0 bridgehead atoms. The van der Waals surface area contributed by atoms with Gasteiger partial charge in [-0.3, -0.25) is 0 Å². The maximum absolute atomic E-state index is 4.49. The van der Waals surface area contributed by atoms with Crippen molar-refractivity contribution in [2.24, 2.45) is 0 Å². The molecule has 3 rings (SSSR count). The molecule has 0 amide bonds. The van der Waals surface area contributed by atoms with Gasteiger partial charge in [0, 0.05) is 19.5 Å². The molecule has 0 saturated heterocycles. The zero-order valence-corrected chi connectivity index (χ0v) is 13.1. The Bertz CT molecular complexity index is 670. The monoisotopic (exact) mass is 287 g/mol. The summed E-state index contributed by atoms with van der Waals surface area (Å²) in [6.07, 6.45) is 1.67. The van der Waals surface area contributed by atoms with Crippen LogP contribution in [0, 0.1) is 27.7 Å². The van der Waals surface area contributed by atoms with Crippen molar-refractivity contribution in [2.75, 3.05) is 0 Å². The normalized spacial score (nSPS) is 11.2. The smallest absolute Gasteiger partial charge is 0.00918 e. The van der Waals surface area contributed by atoms with Crippen LogP contribution in [0.5, 0.6) is 0 Å². The molecule has 0 N–H and O–H groups in total. The predicted octanol–water partition coefficient (Wildman–Crippen LogP) is 4.73. The minimum absolute atomic E-state index is 1.02. The number of rotatable bonds is 2. The SMILES string of the molecule is Cc1cc(-c2nc[n-]c2-c2cc(C)sc2C)c(C)s1. The molecule has 0 aliphatic rings. The van der Waals surface area contributed by atoms with Crippen LogP contribution in [0.15, 0.2) is 18.5 Å². The second-order valence-corrected chi connectivity index (χ2v) is 7.65. The summed E-state index contributed by atoms with van der Waals surface area (Å²) < 4.78 is 0. The van der Waals surface area contributed by atoms with Crippen molar-refractivity contribution in [3.05, 3.63) is 38.0 Å². The van der Waals surface area contributed by atoms with Crippen LogP contribution in [0.4, 0.5) is 0 Å². The lowest BCUT2D eigenvalue weighted by atomic mass is 10.1. The molecule has 4 heteroatoms. The van der Waals surface area contributed by atoms with E-state index in [1.807, 2.05) is 22.7 Å². The van der Waals surface area contributed by atoms with Crippen molar-refractivity contribution in [1.29, 1.82) is 0 Å². The van der Waals surface area contributed by atoms with Gasteiger partial charge in [0.05, 0.1) is 0 Å². The second-order valence-electron chi connectivity index (χ2n) is 4.72. The minimum Gasteiger partial charge on any atom is -0.442 e. The van der Waals surface area contributed by atoms with Gasteiger partial charge in [-0.25, -0.2) is 0 Å². The number of aryl methyl sites for hydroxylation is 4. The van der Waals surface area contributed by atoms with Gasteiger partial charge in [-0.15, -0.1) is 22.7 Å². The lowest BCUT2D eigenvalue weighted by Gasteiger charge is -2.08. The Morgan fingerprint density at radius 2 is 1.47 bits per heavy atom. The van der Waals surface area contributed by atoms with Gasteiger partial charge in [0.15, 0.2) is 0 Å². The van der Waals surface area contributed by atoms with E-state index in [0.717, 1.165) is 11.4 Å². The van der Waals surface area contributed by atoms with Gasteiger partial charge < -0.3 is 9.97 Å². The van der Waals surface area contributed by atoms with E-state index >= 15 is 0 Å². The Morgan fingerprint density at radius 1 is 0.895 bits per heavy atom. The lowest BCUT2D eigenvalue weighted by molar-refractivity contribution is 1.29. The molecule has 0 aliphatic heterocycles. The summed E-state index contributed by atoms with van der Waals surface area (Å²) in [7, 11) is 0. The third-order valence-corrected chi connectivity index (χ3v) is 5.12. The first kappa shape index (κ1) is 12.6. The van der Waals surface area contributed by atoms with Gasteiger partial charge in [-0.2, -0.15) is 0 Å². The molecular formula is C15H15N2S2-. The van der Waals surface area contributed by atoms with E-state index in [4.69, 9.17) is 0 Å². The topological polar surface area (TPSA) is 27.0 Å². The molecule has 19 heavy (non-hydrogen) atoms. The molecule has 0 spiro atoms. The fourth-order valence-electron chi connectivity index (χ4n) is 2.39. The van der Waals surface area contributed by atoms with Crippen molar-refractivity contribution in [2.45, 2.75) is 27.7 Å². The van der Waals surface area contributed by atoms with Crippen LogP contribution in [0.2, 0.25) is 0 Å². The van der Waals surface area contributed by atoms with Crippen LogP contribution in [-0.2, 0) is 0 Å². The average molecular weight is 287 g/mol. The van der Waals surface area contributed by atoms with Crippen molar-refractivity contribution in [3.63, 3.8) is 0 Å². The zero-order valence-electron chi connectivity index (χ0n) is 11.4. The van der Waals surface area contributed by atoms with Crippen molar-refractivity contribution in [3.8, 4) is 22.5 Å². The summed E-state index contributed by atoms with van der Waals surface area (Å²) in [6, 6.07) is 4.42. The van der Waals surface area contributed by atoms with Gasteiger partial charge in [0.2, 0.25) is 0 Å². The van der Waals surface area contributed by atoms with Gasteiger partial charge in [0.25, 0.3) is 0 Å². The molecular weight excluding hydrogens is 272 g/mol. The number of imidazole rings is 1. The van der Waals surface area contributed by atoms with Crippen LogP contribution in [0.3, 0.4) is 0 Å². The maximum atomic E-state index is 4.49. The highest BCUT2D eigenvalue weighted by atomic mass is 32.1. The fourth-order valence-corrected chi connectivity index (χ4v) is 4.24. The fraction of sp³-hybridized carbons (Fsp3) is 0.267. The molecule has 0 fully saturated rings. The van der Waals surface area contributed by atoms with E-state index in [2.05, 4.69) is 49.8 Å². The van der Waals surface area contributed by atoms with Crippen LogP contribution in [0.25, 0.3) is 22.5 Å². The third-order valence-electron chi connectivity index (χ3n) is 3.19. The summed E-state index contributed by atoms with van der Waals surface area (Å²) in [4.78, 5) is 14.2. The summed E-state index contributed by atoms with van der Waals surface area (Å²) in [6.45, 7) is 8.57. The highest BCUT2D eigenvalue weighted by Gasteiger charge is 2.11. The summed E-state index contributed by atoms with van der Waals surface area (Å²) in [5, 5.41) is 0. The van der Waals surface area contributed by atoms with Crippen LogP contribution < -0.4 is 4.98 Å². The predicted molar refractivity (Wildman–Crippen MR) is 83.1 cm³/mol. The van der Waals surface area contributed by atoms with Gasteiger partial charge in [0.1, 0.15) is 0 Å². The summed E-state index contributed by atoms with van der Waals surface area (Å²) in [5.41, 5.74) is 4.47. The molecule has 0 unspecified atom stereocenters. The first-order valence-corrected chi connectivity index (χ1v) is 7.82. The summed E-state index contributed by atoms with van der Waals surface area (Å²) >= 11 is 3.63. The Hall–Kier alpha value is -1.39. The number of aromatic nitrogens is 2. The van der Waals surface area contributed by atoms with E-state index < -0.39 is 0 Å². The lowest BCUT2D eigenvalue weighted by Crippen LogP contribution is -1.84. The van der Waals surface area contributed by atoms with Crippen molar-refractivity contribution < 1.29 is 0 Å². The summed E-state index contributed by atoms with van der Waals surface area (Å²) in [5.74, 6) is 0. The van der Waals surface area contributed by atoms with Crippen LogP contribution in [-0.4, -0.2) is 4.98 Å². The minimum atomic E-state index is 1.02. The Balaban J connectivity index is 2.18. The van der Waals surface area contributed by atoms with Gasteiger partial charge in [-0.1, -0.05) is 6.33 Å². The van der Waals surface area contributed by atoms with E-state index in [0.29, 0.717) is 0 Å². The average Bonchev–Trinajstić information content (AvgIpc) is 2.98. The first-order chi connectivity index (χ1) is 9.06. The standard InChI is InChI=1S/C15H15N2S2/c1-8-5-12(10(3)18-8)14-15(17-7-16-14)13-6-9(2)19-11(13)4/h5-7H,1-4H3/q-1. The van der Waals surface area contributed by atoms with Crippen LogP contribution in [0.1, 0.15) is 19.5 Å². The van der Waals surface area contributed by atoms with E-state index in [-0.39, 0.29) is 0 Å². The molecule has 3 aromatic rings. The third kappa shape index (κ3) is 2.15. The number of hydrogen-bond acceptors (Lipinski definition) is 3. The zero-order chi connectivity index (χ0) is 13.6. The molecule has 0 aromatic carbocycles. The van der Waals surface area contributed by atoms with Gasteiger partial charge >= 0.3 is 0 Å². The van der Waals surface area contributed by atoms with E-state index in [1.165, 1.54) is 30.6 Å². The van der Waals surface area contributed by atoms with E-state index in [1.54, 1.807) is 6.33 Å². The maximum Gasteiger partial charge on any atom is 0.00918 e. The van der Waals surface area contributed by atoms with Crippen molar-refractivity contribution >= 4 is 22.7 Å². The highest BCUT2D eigenvalue weighted by Crippen LogP contribution is 2.37. The second kappa shape index (κ2) is 4.62.